The molecule has 1 aliphatic rings. The van der Waals surface area contributed by atoms with E-state index in [2.05, 4.69) is 19.9 Å². The van der Waals surface area contributed by atoms with Crippen molar-refractivity contribution in [2.75, 3.05) is 31.1 Å². The highest BCUT2D eigenvalue weighted by atomic mass is 16.2. The summed E-state index contributed by atoms with van der Waals surface area (Å²) in [7, 11) is 0. The third kappa shape index (κ3) is 3.40. The van der Waals surface area contributed by atoms with Crippen LogP contribution in [0.4, 0.5) is 5.82 Å². The van der Waals surface area contributed by atoms with Gasteiger partial charge in [0, 0.05) is 50.2 Å². The summed E-state index contributed by atoms with van der Waals surface area (Å²) in [6, 6.07) is 9.71. The predicted molar refractivity (Wildman–Crippen MR) is 103 cm³/mol. The first-order valence-electron chi connectivity index (χ1n) is 9.06. The standard InChI is InChI=1S/C20H22N6O/c1-15-5-3-4-6-17(15)20(27)25-11-9-24(10-12-25)18-13-19(23-14-22-18)26-8-7-21-16(26)2/h3-8,13-14H,9-12H2,1-2H3. The molecule has 1 aromatic carbocycles. The monoisotopic (exact) mass is 362 g/mol. The number of hydrogen-bond acceptors (Lipinski definition) is 5. The molecule has 0 radical (unpaired) electrons. The molecule has 0 aliphatic carbocycles. The highest BCUT2D eigenvalue weighted by Gasteiger charge is 2.24. The smallest absolute Gasteiger partial charge is 0.254 e. The van der Waals surface area contributed by atoms with Crippen molar-refractivity contribution in [2.45, 2.75) is 13.8 Å². The number of carbonyl (C=O) groups excluding carboxylic acids is 1. The minimum Gasteiger partial charge on any atom is -0.353 e. The molecule has 3 heterocycles. The number of benzene rings is 1. The van der Waals surface area contributed by atoms with Crippen LogP contribution in [-0.2, 0) is 0 Å². The van der Waals surface area contributed by atoms with Crippen LogP contribution >= 0.6 is 0 Å². The summed E-state index contributed by atoms with van der Waals surface area (Å²) in [5.74, 6) is 2.66. The van der Waals surface area contributed by atoms with Gasteiger partial charge in [-0.1, -0.05) is 18.2 Å². The lowest BCUT2D eigenvalue weighted by molar-refractivity contribution is 0.0746. The number of rotatable bonds is 3. The first-order chi connectivity index (χ1) is 13.1. The summed E-state index contributed by atoms with van der Waals surface area (Å²) in [5, 5.41) is 0. The quantitative estimate of drug-likeness (QED) is 0.715. The van der Waals surface area contributed by atoms with Crippen molar-refractivity contribution >= 4 is 11.7 Å². The van der Waals surface area contributed by atoms with Gasteiger partial charge < -0.3 is 9.80 Å². The predicted octanol–water partition coefficient (Wildman–Crippen LogP) is 2.24. The van der Waals surface area contributed by atoms with E-state index in [4.69, 9.17) is 0 Å². The van der Waals surface area contributed by atoms with E-state index >= 15 is 0 Å². The maximum absolute atomic E-state index is 12.8. The Labute approximate surface area is 158 Å². The van der Waals surface area contributed by atoms with Crippen LogP contribution in [0.2, 0.25) is 0 Å². The zero-order valence-electron chi connectivity index (χ0n) is 15.5. The maximum atomic E-state index is 12.8. The van der Waals surface area contributed by atoms with E-state index < -0.39 is 0 Å². The van der Waals surface area contributed by atoms with Gasteiger partial charge >= 0.3 is 0 Å². The number of nitrogens with zero attached hydrogens (tertiary/aromatic N) is 6. The van der Waals surface area contributed by atoms with E-state index in [0.29, 0.717) is 13.1 Å². The number of aryl methyl sites for hydroxylation is 2. The zero-order chi connectivity index (χ0) is 18.8. The minimum absolute atomic E-state index is 0.102. The highest BCUT2D eigenvalue weighted by Crippen LogP contribution is 2.18. The second-order valence-electron chi connectivity index (χ2n) is 6.67. The van der Waals surface area contributed by atoms with Crippen molar-refractivity contribution in [2.24, 2.45) is 0 Å². The molecule has 1 saturated heterocycles. The Balaban J connectivity index is 1.46. The van der Waals surface area contributed by atoms with E-state index in [0.717, 1.165) is 41.7 Å². The van der Waals surface area contributed by atoms with Crippen molar-refractivity contribution in [1.29, 1.82) is 0 Å². The number of aromatic nitrogens is 4. The molecule has 2 aromatic heterocycles. The lowest BCUT2D eigenvalue weighted by Gasteiger charge is -2.35. The number of imidazole rings is 1. The number of piperazine rings is 1. The van der Waals surface area contributed by atoms with Gasteiger partial charge in [0.1, 0.15) is 23.8 Å². The van der Waals surface area contributed by atoms with Crippen molar-refractivity contribution in [3.05, 3.63) is 66.0 Å². The van der Waals surface area contributed by atoms with Gasteiger partial charge in [-0.15, -0.1) is 0 Å². The van der Waals surface area contributed by atoms with Crippen LogP contribution in [0.15, 0.2) is 49.1 Å². The summed E-state index contributed by atoms with van der Waals surface area (Å²) < 4.78 is 1.93. The molecule has 1 fully saturated rings. The van der Waals surface area contributed by atoms with Gasteiger partial charge in [-0.05, 0) is 25.5 Å². The third-order valence-electron chi connectivity index (χ3n) is 4.98. The first kappa shape index (κ1) is 17.2. The van der Waals surface area contributed by atoms with Crippen molar-refractivity contribution < 1.29 is 4.79 Å². The Morgan fingerprint density at radius 2 is 1.70 bits per heavy atom. The molecule has 0 bridgehead atoms. The van der Waals surface area contributed by atoms with E-state index in [1.54, 1.807) is 12.5 Å². The number of anilines is 1. The van der Waals surface area contributed by atoms with E-state index in [-0.39, 0.29) is 5.91 Å². The minimum atomic E-state index is 0.102. The zero-order valence-corrected chi connectivity index (χ0v) is 15.5. The molecule has 0 atom stereocenters. The molecule has 7 nitrogen and oxygen atoms in total. The second-order valence-corrected chi connectivity index (χ2v) is 6.67. The molecule has 0 spiro atoms. The van der Waals surface area contributed by atoms with Crippen LogP contribution in [0.3, 0.4) is 0 Å². The molecule has 3 aromatic rings. The Kier molecular flexibility index (Phi) is 4.58. The van der Waals surface area contributed by atoms with E-state index in [1.807, 2.05) is 59.8 Å². The molecule has 0 N–H and O–H groups in total. The molecule has 4 rings (SSSR count). The van der Waals surface area contributed by atoms with Gasteiger partial charge in [0.25, 0.3) is 5.91 Å². The SMILES string of the molecule is Cc1ccccc1C(=O)N1CCN(c2cc(-n3ccnc3C)ncn2)CC1. The van der Waals surface area contributed by atoms with E-state index in [1.165, 1.54) is 0 Å². The molecule has 7 heteroatoms. The molecule has 0 unspecified atom stereocenters. The first-order valence-corrected chi connectivity index (χ1v) is 9.06. The Hall–Kier alpha value is -3.22. The molecular weight excluding hydrogens is 340 g/mol. The Morgan fingerprint density at radius 3 is 2.41 bits per heavy atom. The maximum Gasteiger partial charge on any atom is 0.254 e. The van der Waals surface area contributed by atoms with Crippen molar-refractivity contribution in [3.63, 3.8) is 0 Å². The van der Waals surface area contributed by atoms with Gasteiger partial charge in [0.2, 0.25) is 0 Å². The van der Waals surface area contributed by atoms with Crippen LogP contribution in [0, 0.1) is 13.8 Å². The lowest BCUT2D eigenvalue weighted by atomic mass is 10.1. The molecular formula is C20H22N6O. The van der Waals surface area contributed by atoms with Crippen LogP contribution in [0.25, 0.3) is 5.82 Å². The van der Waals surface area contributed by atoms with Crippen molar-refractivity contribution in [3.8, 4) is 5.82 Å². The van der Waals surface area contributed by atoms with Gasteiger partial charge in [-0.3, -0.25) is 9.36 Å². The number of amides is 1. The summed E-state index contributed by atoms with van der Waals surface area (Å²) in [4.78, 5) is 29.9. The van der Waals surface area contributed by atoms with Crippen LogP contribution in [-0.4, -0.2) is 56.5 Å². The Bertz CT molecular complexity index is 958. The van der Waals surface area contributed by atoms with Crippen LogP contribution in [0.5, 0.6) is 0 Å². The van der Waals surface area contributed by atoms with Gasteiger partial charge in [0.15, 0.2) is 0 Å². The molecule has 27 heavy (non-hydrogen) atoms. The molecule has 1 amide bonds. The van der Waals surface area contributed by atoms with Gasteiger partial charge in [-0.25, -0.2) is 15.0 Å². The summed E-state index contributed by atoms with van der Waals surface area (Å²) in [5.41, 5.74) is 1.80. The van der Waals surface area contributed by atoms with Gasteiger partial charge in [-0.2, -0.15) is 0 Å². The van der Waals surface area contributed by atoms with Crippen LogP contribution in [0.1, 0.15) is 21.7 Å². The average Bonchev–Trinajstić information content (AvgIpc) is 3.14. The highest BCUT2D eigenvalue weighted by molar-refractivity contribution is 5.95. The summed E-state index contributed by atoms with van der Waals surface area (Å²) in [6.07, 6.45) is 5.22. The summed E-state index contributed by atoms with van der Waals surface area (Å²) in [6.45, 7) is 6.77. The fourth-order valence-electron chi connectivity index (χ4n) is 3.38. The van der Waals surface area contributed by atoms with E-state index in [9.17, 15) is 4.79 Å². The van der Waals surface area contributed by atoms with Crippen LogP contribution < -0.4 is 4.90 Å². The fraction of sp³-hybridized carbons (Fsp3) is 0.300. The normalized spacial score (nSPS) is 14.4. The fourth-order valence-corrected chi connectivity index (χ4v) is 3.38. The third-order valence-corrected chi connectivity index (χ3v) is 4.98. The average molecular weight is 362 g/mol. The molecule has 138 valence electrons. The Morgan fingerprint density at radius 1 is 0.963 bits per heavy atom. The molecule has 1 aliphatic heterocycles. The summed E-state index contributed by atoms with van der Waals surface area (Å²) >= 11 is 0. The second kappa shape index (κ2) is 7.19. The topological polar surface area (TPSA) is 67.2 Å². The number of hydrogen-bond donors (Lipinski definition) is 0. The molecule has 0 saturated carbocycles. The lowest BCUT2D eigenvalue weighted by Crippen LogP contribution is -2.49. The largest absolute Gasteiger partial charge is 0.353 e. The van der Waals surface area contributed by atoms with Crippen molar-refractivity contribution in [1.82, 2.24) is 24.4 Å². The van der Waals surface area contributed by atoms with Gasteiger partial charge in [0.05, 0.1) is 0 Å². The number of carbonyl (C=O) groups is 1.